The van der Waals surface area contributed by atoms with Crippen LogP contribution in [0.5, 0.6) is 11.5 Å². The maximum atomic E-state index is 13.2. The van der Waals surface area contributed by atoms with Crippen molar-refractivity contribution in [2.24, 2.45) is 0 Å². The number of aliphatic hydroxyl groups excluding tert-OH is 1. The fourth-order valence-corrected chi connectivity index (χ4v) is 4.53. The third kappa shape index (κ3) is 5.51. The van der Waals surface area contributed by atoms with Gasteiger partial charge in [-0.25, -0.2) is 0 Å². The number of Topliss-reactive ketones (excluding diaryl/α,β-unsaturated/α-hetero) is 1. The molecule has 1 amide bonds. The first-order valence-corrected chi connectivity index (χ1v) is 12.4. The molecule has 2 saturated heterocycles. The van der Waals surface area contributed by atoms with Crippen LogP contribution in [0.25, 0.3) is 5.76 Å². The topological polar surface area (TPSA) is 85.3 Å². The molecule has 0 saturated carbocycles. The molecule has 0 radical (unpaired) electrons. The van der Waals surface area contributed by atoms with Gasteiger partial charge >= 0.3 is 0 Å². The predicted octanol–water partition coefficient (Wildman–Crippen LogP) is 4.86. The third-order valence-electron chi connectivity index (χ3n) is 6.37. The number of carbonyl (C=O) groups excluding carboxylic acids is 2. The van der Waals surface area contributed by atoms with E-state index in [9.17, 15) is 14.7 Å². The lowest BCUT2D eigenvalue weighted by atomic mass is 9.95. The molecule has 0 bridgehead atoms. The lowest BCUT2D eigenvalue weighted by Crippen LogP contribution is -2.36. The first-order valence-electron chi connectivity index (χ1n) is 12.4. The Hall–Kier alpha value is -3.32. The van der Waals surface area contributed by atoms with Crippen LogP contribution in [0, 0.1) is 0 Å². The summed E-state index contributed by atoms with van der Waals surface area (Å²) in [6.07, 6.45) is 3.64. The van der Waals surface area contributed by atoms with Crippen molar-refractivity contribution in [1.82, 2.24) is 4.90 Å². The molecular weight excluding hydrogens is 446 g/mol. The zero-order valence-corrected chi connectivity index (χ0v) is 20.4. The highest BCUT2D eigenvalue weighted by Crippen LogP contribution is 2.40. The Balaban J connectivity index is 1.70. The summed E-state index contributed by atoms with van der Waals surface area (Å²) in [5.74, 6) is -0.124. The molecule has 0 aliphatic carbocycles. The number of ether oxygens (including phenoxy) is 3. The van der Waals surface area contributed by atoms with E-state index in [2.05, 4.69) is 6.92 Å². The molecule has 1 N–H and O–H groups in total. The molecule has 2 aliphatic rings. The summed E-state index contributed by atoms with van der Waals surface area (Å²) in [6, 6.07) is 13.5. The smallest absolute Gasteiger partial charge is 0.295 e. The third-order valence-corrected chi connectivity index (χ3v) is 6.37. The lowest BCUT2D eigenvalue weighted by molar-refractivity contribution is -0.140. The minimum Gasteiger partial charge on any atom is -0.507 e. The minimum absolute atomic E-state index is 0.0804. The van der Waals surface area contributed by atoms with Crippen LogP contribution in [0.15, 0.2) is 54.1 Å². The summed E-state index contributed by atoms with van der Waals surface area (Å²) in [6.45, 7) is 6.10. The second-order valence-corrected chi connectivity index (χ2v) is 8.81. The molecule has 2 aromatic rings. The van der Waals surface area contributed by atoms with Gasteiger partial charge in [0, 0.05) is 18.7 Å². The van der Waals surface area contributed by atoms with Gasteiger partial charge in [0.05, 0.1) is 30.9 Å². The monoisotopic (exact) mass is 479 g/mol. The van der Waals surface area contributed by atoms with Crippen LogP contribution in [0.3, 0.4) is 0 Å². The first-order chi connectivity index (χ1) is 17.0. The largest absolute Gasteiger partial charge is 0.507 e. The fraction of sp³-hybridized carbons (Fsp3) is 0.429. The van der Waals surface area contributed by atoms with Crippen molar-refractivity contribution >= 4 is 17.4 Å². The van der Waals surface area contributed by atoms with Crippen molar-refractivity contribution in [3.63, 3.8) is 0 Å². The van der Waals surface area contributed by atoms with Gasteiger partial charge in [-0.15, -0.1) is 0 Å². The summed E-state index contributed by atoms with van der Waals surface area (Å²) in [4.78, 5) is 27.9. The summed E-state index contributed by atoms with van der Waals surface area (Å²) in [5, 5.41) is 11.2. The molecule has 7 nitrogen and oxygen atoms in total. The Bertz CT molecular complexity index is 1050. The van der Waals surface area contributed by atoms with E-state index in [0.29, 0.717) is 37.7 Å². The quantitative estimate of drug-likeness (QED) is 0.227. The van der Waals surface area contributed by atoms with Crippen LogP contribution >= 0.6 is 0 Å². The minimum atomic E-state index is -0.713. The lowest BCUT2D eigenvalue weighted by Gasteiger charge is -2.27. The highest BCUT2D eigenvalue weighted by atomic mass is 16.5. The van der Waals surface area contributed by atoms with Gasteiger partial charge in [0.25, 0.3) is 11.7 Å². The highest BCUT2D eigenvalue weighted by Gasteiger charge is 2.47. The number of hydrogen-bond acceptors (Lipinski definition) is 6. The summed E-state index contributed by atoms with van der Waals surface area (Å²) in [7, 11) is 0. The van der Waals surface area contributed by atoms with Gasteiger partial charge in [-0.2, -0.15) is 0 Å². The standard InChI is InChI=1S/C28H33NO6/c1-3-5-16-34-22-12-8-19(9-13-22)25-24(26(30)20-10-14-21(15-11-20)33-4-2)27(31)28(32)29(25)18-23-7-6-17-35-23/h8-15,23,25,30H,3-7,16-18H2,1-2H3. The number of ketones is 1. The number of rotatable bonds is 10. The van der Waals surface area contributed by atoms with Gasteiger partial charge in [0.2, 0.25) is 0 Å². The van der Waals surface area contributed by atoms with Crippen molar-refractivity contribution in [2.45, 2.75) is 51.7 Å². The van der Waals surface area contributed by atoms with Crippen LogP contribution in [0.2, 0.25) is 0 Å². The van der Waals surface area contributed by atoms with E-state index in [1.165, 1.54) is 4.90 Å². The van der Waals surface area contributed by atoms with Gasteiger partial charge in [0.15, 0.2) is 0 Å². The summed E-state index contributed by atoms with van der Waals surface area (Å²) < 4.78 is 17.0. The van der Waals surface area contributed by atoms with Gasteiger partial charge in [-0.3, -0.25) is 9.59 Å². The second kappa shape index (κ2) is 11.4. The van der Waals surface area contributed by atoms with Crippen molar-refractivity contribution < 1.29 is 28.9 Å². The molecule has 0 spiro atoms. The normalized spacial score (nSPS) is 21.5. The Labute approximate surface area is 206 Å². The zero-order valence-electron chi connectivity index (χ0n) is 20.4. The zero-order chi connectivity index (χ0) is 24.8. The van der Waals surface area contributed by atoms with Crippen molar-refractivity contribution in [3.8, 4) is 11.5 Å². The van der Waals surface area contributed by atoms with E-state index in [4.69, 9.17) is 14.2 Å². The average Bonchev–Trinajstić information content (AvgIpc) is 3.47. The van der Waals surface area contributed by atoms with E-state index in [1.54, 1.807) is 24.3 Å². The molecule has 2 aliphatic heterocycles. The van der Waals surface area contributed by atoms with Gasteiger partial charge in [0.1, 0.15) is 17.3 Å². The maximum absolute atomic E-state index is 13.2. The molecule has 0 aromatic heterocycles. The van der Waals surface area contributed by atoms with E-state index >= 15 is 0 Å². The number of nitrogens with zero attached hydrogens (tertiary/aromatic N) is 1. The second-order valence-electron chi connectivity index (χ2n) is 8.81. The number of benzene rings is 2. The Morgan fingerprint density at radius 2 is 1.71 bits per heavy atom. The number of hydrogen-bond donors (Lipinski definition) is 1. The van der Waals surface area contributed by atoms with Gasteiger partial charge in [-0.1, -0.05) is 25.5 Å². The predicted molar refractivity (Wildman–Crippen MR) is 132 cm³/mol. The highest BCUT2D eigenvalue weighted by molar-refractivity contribution is 6.46. The molecule has 2 atom stereocenters. The van der Waals surface area contributed by atoms with Gasteiger partial charge in [-0.05, 0) is 68.1 Å². The molecule has 4 rings (SSSR count). The molecule has 7 heteroatoms. The molecule has 2 aromatic carbocycles. The Morgan fingerprint density at radius 3 is 2.34 bits per heavy atom. The van der Waals surface area contributed by atoms with Crippen LogP contribution in [0.1, 0.15) is 56.7 Å². The van der Waals surface area contributed by atoms with Crippen LogP contribution in [-0.4, -0.2) is 54.2 Å². The molecule has 2 fully saturated rings. The Kier molecular flexibility index (Phi) is 8.08. The number of likely N-dealkylation sites (tertiary alicyclic amines) is 1. The molecule has 2 unspecified atom stereocenters. The van der Waals surface area contributed by atoms with E-state index in [1.807, 2.05) is 31.2 Å². The van der Waals surface area contributed by atoms with Gasteiger partial charge < -0.3 is 24.2 Å². The molecule has 2 heterocycles. The molecular formula is C28H33NO6. The fourth-order valence-electron chi connectivity index (χ4n) is 4.53. The summed E-state index contributed by atoms with van der Waals surface area (Å²) in [5.41, 5.74) is 1.27. The number of aliphatic hydroxyl groups is 1. The molecule has 186 valence electrons. The van der Waals surface area contributed by atoms with E-state index in [0.717, 1.165) is 37.0 Å². The number of amides is 1. The number of unbranched alkanes of at least 4 members (excludes halogenated alkanes) is 1. The van der Waals surface area contributed by atoms with Crippen LogP contribution in [0.4, 0.5) is 0 Å². The number of carbonyl (C=O) groups is 2. The first kappa shape index (κ1) is 24.8. The van der Waals surface area contributed by atoms with E-state index in [-0.39, 0.29) is 17.4 Å². The average molecular weight is 480 g/mol. The van der Waals surface area contributed by atoms with E-state index < -0.39 is 17.7 Å². The maximum Gasteiger partial charge on any atom is 0.295 e. The van der Waals surface area contributed by atoms with Crippen molar-refractivity contribution in [3.05, 3.63) is 65.2 Å². The van der Waals surface area contributed by atoms with Crippen molar-refractivity contribution in [1.29, 1.82) is 0 Å². The molecule has 35 heavy (non-hydrogen) atoms. The summed E-state index contributed by atoms with van der Waals surface area (Å²) >= 11 is 0. The Morgan fingerprint density at radius 1 is 1.03 bits per heavy atom. The van der Waals surface area contributed by atoms with Crippen LogP contribution < -0.4 is 9.47 Å². The van der Waals surface area contributed by atoms with Crippen LogP contribution in [-0.2, 0) is 14.3 Å². The van der Waals surface area contributed by atoms with Crippen molar-refractivity contribution in [2.75, 3.05) is 26.4 Å². The SMILES string of the molecule is CCCCOc1ccc(C2C(=C(O)c3ccc(OCC)cc3)C(=O)C(=O)N2CC2CCCO2)cc1.